The lowest BCUT2D eigenvalue weighted by molar-refractivity contribution is -0.00229. The fraction of sp³-hybridized carbons (Fsp3) is 0.562. The number of benzene rings is 1. The van der Waals surface area contributed by atoms with Crippen LogP contribution in [0.4, 0.5) is 0 Å². The first-order valence-corrected chi connectivity index (χ1v) is 7.36. The van der Waals surface area contributed by atoms with Gasteiger partial charge in [0, 0.05) is 19.7 Å². The molecule has 4 heteroatoms. The number of aromatic carboxylic acids is 1. The van der Waals surface area contributed by atoms with Crippen LogP contribution < -0.4 is 0 Å². The van der Waals surface area contributed by atoms with Crippen molar-refractivity contribution in [3.05, 3.63) is 35.4 Å². The van der Waals surface area contributed by atoms with Gasteiger partial charge in [0.1, 0.15) is 0 Å². The van der Waals surface area contributed by atoms with Crippen LogP contribution in [0.2, 0.25) is 0 Å². The molecule has 1 N–H and O–H groups in total. The molecule has 1 aromatic rings. The number of rotatable bonds is 6. The third-order valence-electron chi connectivity index (χ3n) is 3.66. The number of nitrogens with zero attached hydrogens (tertiary/aromatic N) is 1. The maximum absolute atomic E-state index is 11.2. The van der Waals surface area contributed by atoms with E-state index in [1.807, 2.05) is 12.1 Å². The SMILES string of the molecule is CCCO[C@@H]1CCCN(Cc2ccccc2C(=O)O)C1. The highest BCUT2D eigenvalue weighted by atomic mass is 16.5. The molecule has 1 aliphatic heterocycles. The van der Waals surface area contributed by atoms with E-state index in [0.717, 1.165) is 44.5 Å². The first-order chi connectivity index (χ1) is 9.70. The summed E-state index contributed by atoms with van der Waals surface area (Å²) >= 11 is 0. The second-order valence-electron chi connectivity index (χ2n) is 5.33. The van der Waals surface area contributed by atoms with Crippen LogP contribution >= 0.6 is 0 Å². The molecule has 1 saturated heterocycles. The summed E-state index contributed by atoms with van der Waals surface area (Å²) in [6.07, 6.45) is 3.56. The highest BCUT2D eigenvalue weighted by Gasteiger charge is 2.21. The van der Waals surface area contributed by atoms with E-state index in [9.17, 15) is 9.90 Å². The monoisotopic (exact) mass is 277 g/mol. The number of carboxylic acids is 1. The van der Waals surface area contributed by atoms with Gasteiger partial charge in [0.25, 0.3) is 0 Å². The minimum atomic E-state index is -0.851. The number of carbonyl (C=O) groups is 1. The molecule has 0 amide bonds. The minimum absolute atomic E-state index is 0.292. The molecule has 0 aliphatic carbocycles. The zero-order valence-corrected chi connectivity index (χ0v) is 12.0. The first kappa shape index (κ1) is 15.0. The zero-order chi connectivity index (χ0) is 14.4. The van der Waals surface area contributed by atoms with E-state index in [1.54, 1.807) is 12.1 Å². The number of ether oxygens (including phenoxy) is 1. The van der Waals surface area contributed by atoms with Gasteiger partial charge >= 0.3 is 5.97 Å². The van der Waals surface area contributed by atoms with Crippen molar-refractivity contribution in [1.29, 1.82) is 0 Å². The predicted molar refractivity (Wildman–Crippen MR) is 77.9 cm³/mol. The van der Waals surface area contributed by atoms with Crippen LogP contribution in [0.5, 0.6) is 0 Å². The smallest absolute Gasteiger partial charge is 0.336 e. The van der Waals surface area contributed by atoms with Gasteiger partial charge in [-0.1, -0.05) is 25.1 Å². The second kappa shape index (κ2) is 7.41. The summed E-state index contributed by atoms with van der Waals surface area (Å²) in [4.78, 5) is 13.5. The fourth-order valence-corrected chi connectivity index (χ4v) is 2.69. The van der Waals surface area contributed by atoms with Crippen molar-refractivity contribution in [2.24, 2.45) is 0 Å². The van der Waals surface area contributed by atoms with E-state index in [0.29, 0.717) is 18.2 Å². The molecular formula is C16H23NO3. The number of hydrogen-bond donors (Lipinski definition) is 1. The van der Waals surface area contributed by atoms with Gasteiger partial charge in [-0.25, -0.2) is 4.79 Å². The molecule has 1 atom stereocenters. The molecule has 1 aromatic carbocycles. The quantitative estimate of drug-likeness (QED) is 0.868. The average Bonchev–Trinajstić information content (AvgIpc) is 2.46. The van der Waals surface area contributed by atoms with Gasteiger partial charge in [-0.15, -0.1) is 0 Å². The van der Waals surface area contributed by atoms with Crippen LogP contribution in [0, 0.1) is 0 Å². The molecule has 20 heavy (non-hydrogen) atoms. The highest BCUT2D eigenvalue weighted by Crippen LogP contribution is 2.18. The van der Waals surface area contributed by atoms with Crippen molar-refractivity contribution < 1.29 is 14.6 Å². The Labute approximate surface area is 120 Å². The van der Waals surface area contributed by atoms with Crippen LogP contribution in [0.25, 0.3) is 0 Å². The van der Waals surface area contributed by atoms with Crippen LogP contribution in [-0.2, 0) is 11.3 Å². The van der Waals surface area contributed by atoms with Gasteiger partial charge in [0.05, 0.1) is 11.7 Å². The molecule has 0 bridgehead atoms. The van der Waals surface area contributed by atoms with E-state index in [1.165, 1.54) is 0 Å². The first-order valence-electron chi connectivity index (χ1n) is 7.36. The maximum Gasteiger partial charge on any atom is 0.336 e. The Hall–Kier alpha value is -1.39. The van der Waals surface area contributed by atoms with Crippen LogP contribution in [-0.4, -0.2) is 41.8 Å². The van der Waals surface area contributed by atoms with E-state index in [-0.39, 0.29) is 0 Å². The van der Waals surface area contributed by atoms with Crippen molar-refractivity contribution in [2.45, 2.75) is 38.8 Å². The number of likely N-dealkylation sites (tertiary alicyclic amines) is 1. The van der Waals surface area contributed by atoms with Crippen molar-refractivity contribution >= 4 is 5.97 Å². The van der Waals surface area contributed by atoms with Gasteiger partial charge in [0.15, 0.2) is 0 Å². The molecule has 110 valence electrons. The van der Waals surface area contributed by atoms with Crippen molar-refractivity contribution in [3.8, 4) is 0 Å². The lowest BCUT2D eigenvalue weighted by Crippen LogP contribution is -2.39. The van der Waals surface area contributed by atoms with Crippen molar-refractivity contribution in [1.82, 2.24) is 4.90 Å². The Bertz CT molecular complexity index is 447. The van der Waals surface area contributed by atoms with Gasteiger partial charge in [0.2, 0.25) is 0 Å². The van der Waals surface area contributed by atoms with Gasteiger partial charge < -0.3 is 9.84 Å². The predicted octanol–water partition coefficient (Wildman–Crippen LogP) is 2.78. The molecule has 0 spiro atoms. The van der Waals surface area contributed by atoms with E-state index >= 15 is 0 Å². The lowest BCUT2D eigenvalue weighted by atomic mass is 10.0. The molecule has 1 fully saturated rings. The maximum atomic E-state index is 11.2. The minimum Gasteiger partial charge on any atom is -0.478 e. The van der Waals surface area contributed by atoms with E-state index in [4.69, 9.17) is 4.74 Å². The Morgan fingerprint density at radius 3 is 3.00 bits per heavy atom. The molecule has 1 heterocycles. The summed E-state index contributed by atoms with van der Waals surface area (Å²) in [7, 11) is 0. The highest BCUT2D eigenvalue weighted by molar-refractivity contribution is 5.89. The lowest BCUT2D eigenvalue weighted by Gasteiger charge is -2.32. The fourth-order valence-electron chi connectivity index (χ4n) is 2.69. The van der Waals surface area contributed by atoms with Crippen LogP contribution in [0.1, 0.15) is 42.1 Å². The van der Waals surface area contributed by atoms with E-state index in [2.05, 4.69) is 11.8 Å². The molecule has 0 saturated carbocycles. The van der Waals surface area contributed by atoms with E-state index < -0.39 is 5.97 Å². The molecule has 1 aliphatic rings. The number of carboxylic acid groups (broad SMARTS) is 1. The van der Waals surface area contributed by atoms with Gasteiger partial charge in [-0.3, -0.25) is 4.90 Å². The summed E-state index contributed by atoms with van der Waals surface area (Å²) in [5.74, 6) is -0.851. The largest absolute Gasteiger partial charge is 0.478 e. The Morgan fingerprint density at radius 2 is 2.25 bits per heavy atom. The van der Waals surface area contributed by atoms with Crippen molar-refractivity contribution in [2.75, 3.05) is 19.7 Å². The summed E-state index contributed by atoms with van der Waals surface area (Å²) in [5, 5.41) is 9.22. The van der Waals surface area contributed by atoms with Gasteiger partial charge in [-0.2, -0.15) is 0 Å². The summed E-state index contributed by atoms with van der Waals surface area (Å²) in [6, 6.07) is 7.25. The normalized spacial score (nSPS) is 19.9. The van der Waals surface area contributed by atoms with Gasteiger partial charge in [-0.05, 0) is 37.4 Å². The summed E-state index contributed by atoms with van der Waals surface area (Å²) in [6.45, 7) is 5.52. The Balaban J connectivity index is 1.97. The molecule has 0 aromatic heterocycles. The molecule has 4 nitrogen and oxygen atoms in total. The van der Waals surface area contributed by atoms with Crippen molar-refractivity contribution in [3.63, 3.8) is 0 Å². The second-order valence-corrected chi connectivity index (χ2v) is 5.33. The standard InChI is InChI=1S/C16H23NO3/c1-2-10-20-14-7-5-9-17(12-14)11-13-6-3-4-8-15(13)16(18)19/h3-4,6,8,14H,2,5,7,9-12H2,1H3,(H,18,19)/t14-/m1/s1. The zero-order valence-electron chi connectivity index (χ0n) is 12.0. The van der Waals surface area contributed by atoms with Crippen LogP contribution in [0.3, 0.4) is 0 Å². The topological polar surface area (TPSA) is 49.8 Å². The number of hydrogen-bond acceptors (Lipinski definition) is 3. The molecule has 0 radical (unpaired) electrons. The molecular weight excluding hydrogens is 254 g/mol. The molecule has 0 unspecified atom stereocenters. The Kier molecular flexibility index (Phi) is 5.56. The summed E-state index contributed by atoms with van der Waals surface area (Å²) in [5.41, 5.74) is 1.29. The van der Waals surface area contributed by atoms with Crippen LogP contribution in [0.15, 0.2) is 24.3 Å². The third kappa shape index (κ3) is 4.05. The average molecular weight is 277 g/mol. The third-order valence-corrected chi connectivity index (χ3v) is 3.66. The summed E-state index contributed by atoms with van der Waals surface area (Å²) < 4.78 is 5.82. The Morgan fingerprint density at radius 1 is 1.45 bits per heavy atom. The number of piperidine rings is 1. The molecule has 2 rings (SSSR count).